The number of rotatable bonds is 5. The highest BCUT2D eigenvalue weighted by atomic mass is 16.2. The Morgan fingerprint density at radius 3 is 2.20 bits per heavy atom. The van der Waals surface area contributed by atoms with E-state index in [0.29, 0.717) is 5.56 Å². The van der Waals surface area contributed by atoms with Gasteiger partial charge in [0.2, 0.25) is 5.91 Å². The van der Waals surface area contributed by atoms with Gasteiger partial charge in [0, 0.05) is 23.1 Å². The first kappa shape index (κ1) is 18.8. The lowest BCUT2D eigenvalue weighted by Crippen LogP contribution is -2.33. The Morgan fingerprint density at radius 1 is 1.08 bits per heavy atom. The maximum absolute atomic E-state index is 12.4. The fourth-order valence-corrected chi connectivity index (χ4v) is 3.25. The van der Waals surface area contributed by atoms with Crippen LogP contribution in [0.1, 0.15) is 52.8 Å². The van der Waals surface area contributed by atoms with E-state index < -0.39 is 0 Å². The van der Waals surface area contributed by atoms with Crippen molar-refractivity contribution in [1.29, 1.82) is 0 Å². The molecule has 1 aromatic carbocycles. The predicted molar refractivity (Wildman–Crippen MR) is 101 cm³/mol. The molecule has 2 amide bonds. The molecule has 0 aliphatic carbocycles. The molecule has 0 radical (unpaired) electrons. The Balaban J connectivity index is 2.03. The van der Waals surface area contributed by atoms with Crippen molar-refractivity contribution >= 4 is 17.5 Å². The minimum Gasteiger partial charge on any atom is -0.346 e. The van der Waals surface area contributed by atoms with Gasteiger partial charge < -0.3 is 15.2 Å². The van der Waals surface area contributed by atoms with E-state index in [1.54, 1.807) is 0 Å². The maximum atomic E-state index is 12.4. The van der Waals surface area contributed by atoms with Gasteiger partial charge in [-0.2, -0.15) is 0 Å². The zero-order valence-corrected chi connectivity index (χ0v) is 15.9. The van der Waals surface area contributed by atoms with Crippen LogP contribution in [0.25, 0.3) is 0 Å². The van der Waals surface area contributed by atoms with Gasteiger partial charge in [-0.1, -0.05) is 18.2 Å². The van der Waals surface area contributed by atoms with Crippen LogP contribution < -0.4 is 10.6 Å². The molecule has 5 nitrogen and oxygen atoms in total. The molecule has 5 heteroatoms. The van der Waals surface area contributed by atoms with Crippen molar-refractivity contribution in [2.75, 3.05) is 11.9 Å². The molecule has 2 N–H and O–H groups in total. The molecule has 134 valence electrons. The van der Waals surface area contributed by atoms with E-state index in [4.69, 9.17) is 0 Å². The van der Waals surface area contributed by atoms with Crippen molar-refractivity contribution in [3.05, 3.63) is 52.3 Å². The zero-order valence-electron chi connectivity index (χ0n) is 15.9. The van der Waals surface area contributed by atoms with Crippen molar-refractivity contribution in [1.82, 2.24) is 9.88 Å². The summed E-state index contributed by atoms with van der Waals surface area (Å²) in [7, 11) is 0. The van der Waals surface area contributed by atoms with Crippen LogP contribution in [0.3, 0.4) is 0 Å². The van der Waals surface area contributed by atoms with Crippen molar-refractivity contribution in [2.45, 2.75) is 47.6 Å². The molecule has 0 fully saturated rings. The molecular formula is C20H27N3O2. The number of aryl methyl sites for hydroxylation is 3. The third-order valence-electron chi connectivity index (χ3n) is 4.40. The molecule has 25 heavy (non-hydrogen) atoms. The van der Waals surface area contributed by atoms with Crippen LogP contribution >= 0.6 is 0 Å². The third kappa shape index (κ3) is 4.10. The highest BCUT2D eigenvalue weighted by Gasteiger charge is 2.17. The lowest BCUT2D eigenvalue weighted by atomic mass is 10.1. The van der Waals surface area contributed by atoms with Gasteiger partial charge in [-0.3, -0.25) is 9.59 Å². The molecule has 2 aromatic rings. The van der Waals surface area contributed by atoms with E-state index in [1.807, 2.05) is 52.0 Å². The maximum Gasteiger partial charge on any atom is 0.253 e. The molecule has 0 spiro atoms. The monoisotopic (exact) mass is 341 g/mol. The summed E-state index contributed by atoms with van der Waals surface area (Å²) in [6.07, 6.45) is 0. The van der Waals surface area contributed by atoms with Crippen molar-refractivity contribution in [3.63, 3.8) is 0 Å². The van der Waals surface area contributed by atoms with Crippen LogP contribution in [0.5, 0.6) is 0 Å². The topological polar surface area (TPSA) is 63.1 Å². The quantitative estimate of drug-likeness (QED) is 0.871. The Morgan fingerprint density at radius 2 is 1.68 bits per heavy atom. The number of benzene rings is 1. The van der Waals surface area contributed by atoms with Crippen LogP contribution in [-0.2, 0) is 4.79 Å². The minimum absolute atomic E-state index is 0.0576. The van der Waals surface area contributed by atoms with Crippen molar-refractivity contribution in [3.8, 4) is 0 Å². The zero-order chi connectivity index (χ0) is 18.7. The van der Waals surface area contributed by atoms with Gasteiger partial charge in [0.05, 0.1) is 12.1 Å². The number of hydrogen-bond donors (Lipinski definition) is 2. The molecule has 0 aliphatic rings. The number of para-hydroxylation sites is 1. The van der Waals surface area contributed by atoms with E-state index in [-0.39, 0.29) is 24.4 Å². The van der Waals surface area contributed by atoms with Crippen molar-refractivity contribution in [2.24, 2.45) is 0 Å². The van der Waals surface area contributed by atoms with Crippen LogP contribution in [0.15, 0.2) is 24.3 Å². The Hall–Kier alpha value is -2.56. The first-order valence-electron chi connectivity index (χ1n) is 8.55. The average Bonchev–Trinajstić information content (AvgIpc) is 2.83. The highest BCUT2D eigenvalue weighted by Crippen LogP contribution is 2.20. The van der Waals surface area contributed by atoms with Gasteiger partial charge >= 0.3 is 0 Å². The van der Waals surface area contributed by atoms with E-state index >= 15 is 0 Å². The van der Waals surface area contributed by atoms with E-state index in [0.717, 1.165) is 28.2 Å². The summed E-state index contributed by atoms with van der Waals surface area (Å²) in [6.45, 7) is 11.9. The van der Waals surface area contributed by atoms with Crippen LogP contribution in [0.2, 0.25) is 0 Å². The highest BCUT2D eigenvalue weighted by molar-refractivity contribution is 6.00. The Labute approximate surface area is 149 Å². The normalized spacial score (nSPS) is 10.8. The lowest BCUT2D eigenvalue weighted by Gasteiger charge is -2.14. The minimum atomic E-state index is -0.233. The first-order chi connectivity index (χ1) is 11.7. The number of nitrogens with one attached hydrogen (secondary N) is 2. The number of hydrogen-bond acceptors (Lipinski definition) is 2. The van der Waals surface area contributed by atoms with Crippen molar-refractivity contribution < 1.29 is 9.59 Å². The van der Waals surface area contributed by atoms with Gasteiger partial charge in [0.25, 0.3) is 5.91 Å². The molecule has 0 bridgehead atoms. The Bertz CT molecular complexity index is 783. The molecular weight excluding hydrogens is 314 g/mol. The summed E-state index contributed by atoms with van der Waals surface area (Å²) in [4.78, 5) is 24.6. The summed E-state index contributed by atoms with van der Waals surface area (Å²) in [6, 6.07) is 8.00. The summed E-state index contributed by atoms with van der Waals surface area (Å²) in [5.74, 6) is -0.458. The fraction of sp³-hybridized carbons (Fsp3) is 0.400. The molecule has 0 saturated heterocycles. The summed E-state index contributed by atoms with van der Waals surface area (Å²) >= 11 is 0. The summed E-state index contributed by atoms with van der Waals surface area (Å²) < 4.78 is 2.12. The summed E-state index contributed by atoms with van der Waals surface area (Å²) in [5, 5.41) is 5.59. The molecule has 2 rings (SSSR count). The number of carbonyl (C=O) groups is 2. The van der Waals surface area contributed by atoms with Gasteiger partial charge in [-0.05, 0) is 58.7 Å². The fourth-order valence-electron chi connectivity index (χ4n) is 3.25. The molecule has 1 aromatic heterocycles. The van der Waals surface area contributed by atoms with Crippen LogP contribution in [0.4, 0.5) is 5.69 Å². The second-order valence-corrected chi connectivity index (χ2v) is 6.75. The molecule has 0 atom stereocenters. The predicted octanol–water partition coefficient (Wildman–Crippen LogP) is 3.67. The molecule has 0 saturated carbocycles. The average molecular weight is 341 g/mol. The second-order valence-electron chi connectivity index (χ2n) is 6.75. The van der Waals surface area contributed by atoms with E-state index in [9.17, 15) is 9.59 Å². The Kier molecular flexibility index (Phi) is 5.67. The number of nitrogens with zero attached hydrogens (tertiary/aromatic N) is 1. The van der Waals surface area contributed by atoms with Gasteiger partial charge in [-0.15, -0.1) is 0 Å². The first-order valence-corrected chi connectivity index (χ1v) is 8.55. The van der Waals surface area contributed by atoms with Crippen LogP contribution in [-0.4, -0.2) is 22.9 Å². The molecule has 0 unspecified atom stereocenters. The lowest BCUT2D eigenvalue weighted by molar-refractivity contribution is -0.115. The van der Waals surface area contributed by atoms with E-state index in [2.05, 4.69) is 29.0 Å². The summed E-state index contributed by atoms with van der Waals surface area (Å²) in [5.41, 5.74) is 5.38. The second kappa shape index (κ2) is 7.55. The number of carbonyl (C=O) groups excluding carboxylic acids is 2. The van der Waals surface area contributed by atoms with Gasteiger partial charge in [0.1, 0.15) is 0 Å². The third-order valence-corrected chi connectivity index (χ3v) is 4.40. The van der Waals surface area contributed by atoms with Gasteiger partial charge in [-0.25, -0.2) is 0 Å². The number of anilines is 1. The van der Waals surface area contributed by atoms with Gasteiger partial charge in [0.15, 0.2) is 0 Å². The molecule has 1 heterocycles. The number of aromatic nitrogens is 1. The molecule has 0 aliphatic heterocycles. The standard InChI is InChI=1S/C20H27N3O2/c1-12(2)23-15(5)10-17(16(23)6)20(25)21-11-18(24)22-19-13(3)8-7-9-14(19)4/h7-10,12H,11H2,1-6H3,(H,21,25)(H,22,24). The van der Waals surface area contributed by atoms with E-state index in [1.165, 1.54) is 0 Å². The van der Waals surface area contributed by atoms with Crippen LogP contribution in [0, 0.1) is 27.7 Å². The number of amides is 2. The smallest absolute Gasteiger partial charge is 0.253 e. The SMILES string of the molecule is Cc1cccc(C)c1NC(=O)CNC(=O)c1cc(C)n(C(C)C)c1C. The largest absolute Gasteiger partial charge is 0.346 e.